The number of halogens is 3. The Balaban J connectivity index is 1.63. The summed E-state index contributed by atoms with van der Waals surface area (Å²) in [6, 6.07) is 11.4. The fourth-order valence-electron chi connectivity index (χ4n) is 3.65. The minimum Gasteiger partial charge on any atom is -0.494 e. The van der Waals surface area contributed by atoms with Crippen LogP contribution in [0.1, 0.15) is 11.6 Å². The van der Waals surface area contributed by atoms with Gasteiger partial charge in [0, 0.05) is 30.3 Å². The zero-order valence-corrected chi connectivity index (χ0v) is 20.0. The van der Waals surface area contributed by atoms with E-state index >= 15 is 0 Å². The molecule has 4 aromatic rings. The van der Waals surface area contributed by atoms with Gasteiger partial charge in [0.1, 0.15) is 29.2 Å². The molecule has 194 valence electrons. The number of rotatable bonds is 10. The third-order valence-corrected chi connectivity index (χ3v) is 5.78. The number of nitrogens with zero attached hydrogens (tertiary/aromatic N) is 3. The fourth-order valence-corrected chi connectivity index (χ4v) is 3.83. The van der Waals surface area contributed by atoms with E-state index in [1.807, 2.05) is 0 Å². The number of aromatic hydroxyl groups is 1. The maximum atomic E-state index is 14.5. The number of benzene rings is 2. The molecule has 37 heavy (non-hydrogen) atoms. The Hall–Kier alpha value is -3.93. The Morgan fingerprint density at radius 2 is 1.86 bits per heavy atom. The number of aromatic nitrogens is 3. The topological polar surface area (TPSA) is 122 Å². The van der Waals surface area contributed by atoms with Crippen LogP contribution in [0.2, 0.25) is 5.02 Å². The summed E-state index contributed by atoms with van der Waals surface area (Å²) in [5, 5.41) is 36.2. The summed E-state index contributed by atoms with van der Waals surface area (Å²) in [5.74, 6) is -2.29. The quantitative estimate of drug-likeness (QED) is 0.246. The monoisotopic (exact) mass is 532 g/mol. The number of hydrogen-bond acceptors (Lipinski definition) is 6. The molecule has 0 saturated carbocycles. The van der Waals surface area contributed by atoms with Gasteiger partial charge in [-0.2, -0.15) is 5.10 Å². The summed E-state index contributed by atoms with van der Waals surface area (Å²) < 4.78 is 37.1. The highest BCUT2D eigenvalue weighted by Gasteiger charge is 2.27. The summed E-state index contributed by atoms with van der Waals surface area (Å²) >= 11 is 6.13. The van der Waals surface area contributed by atoms with Gasteiger partial charge < -0.3 is 29.9 Å². The van der Waals surface area contributed by atoms with E-state index in [-0.39, 0.29) is 23.7 Å². The van der Waals surface area contributed by atoms with Crippen molar-refractivity contribution in [3.63, 3.8) is 0 Å². The maximum absolute atomic E-state index is 14.5. The highest BCUT2D eigenvalue weighted by atomic mass is 35.5. The van der Waals surface area contributed by atoms with Crippen molar-refractivity contribution in [2.24, 2.45) is 0 Å². The van der Waals surface area contributed by atoms with Crippen molar-refractivity contribution >= 4 is 23.3 Å². The lowest BCUT2D eigenvalue weighted by Gasteiger charge is -2.19. The minimum absolute atomic E-state index is 0.0165. The second-order valence-electron chi connectivity index (χ2n) is 8.14. The zero-order valence-electron chi connectivity index (χ0n) is 19.3. The van der Waals surface area contributed by atoms with Gasteiger partial charge in [-0.3, -0.25) is 9.48 Å². The van der Waals surface area contributed by atoms with Gasteiger partial charge in [-0.15, -0.1) is 0 Å². The van der Waals surface area contributed by atoms with Gasteiger partial charge in [-0.25, -0.2) is 8.78 Å². The van der Waals surface area contributed by atoms with Gasteiger partial charge in [-0.1, -0.05) is 29.8 Å². The molecular weight excluding hydrogens is 510 g/mol. The lowest BCUT2D eigenvalue weighted by Crippen LogP contribution is -2.28. The van der Waals surface area contributed by atoms with Gasteiger partial charge in [-0.05, 0) is 24.3 Å². The standard InChI is InChI=1S/C25H23ClF2N4O5/c26-18-4-1-2-7-22(18)37-16-10-24(35)32(13-16)21(11-17-19(27)5-3-6-20(17)28)25(36)29-23-8-9-31(30-23)12-15(34)14-33/h1-10,13,15,21,33-35H,11-12,14H2,(H,29,30,36)/t15-,21+/m1/s1. The van der Waals surface area contributed by atoms with Crippen LogP contribution in [0.5, 0.6) is 17.4 Å². The van der Waals surface area contributed by atoms with Crippen LogP contribution in [-0.2, 0) is 17.8 Å². The normalized spacial score (nSPS) is 12.8. The van der Waals surface area contributed by atoms with E-state index in [2.05, 4.69) is 10.4 Å². The van der Waals surface area contributed by atoms with Crippen molar-refractivity contribution in [3.05, 3.63) is 89.2 Å². The Bertz CT molecular complexity index is 1370. The van der Waals surface area contributed by atoms with Crippen LogP contribution in [0.3, 0.4) is 0 Å². The molecule has 12 heteroatoms. The van der Waals surface area contributed by atoms with Gasteiger partial charge in [0.15, 0.2) is 11.7 Å². The third kappa shape index (κ3) is 6.26. The molecule has 0 spiro atoms. The molecule has 0 unspecified atom stereocenters. The Labute approximate surface area is 215 Å². The fraction of sp³-hybridized carbons (Fsp3) is 0.200. The van der Waals surface area contributed by atoms with Gasteiger partial charge >= 0.3 is 0 Å². The minimum atomic E-state index is -1.32. The van der Waals surface area contributed by atoms with Crippen LogP contribution in [0, 0.1) is 11.6 Å². The second kappa shape index (κ2) is 11.4. The van der Waals surface area contributed by atoms with Crippen molar-refractivity contribution in [1.82, 2.24) is 14.3 Å². The molecule has 1 amide bonds. The molecule has 0 bridgehead atoms. The van der Waals surface area contributed by atoms with E-state index in [0.29, 0.717) is 10.8 Å². The van der Waals surface area contributed by atoms with Crippen LogP contribution in [0.15, 0.2) is 67.0 Å². The molecule has 0 radical (unpaired) electrons. The number of carbonyl (C=O) groups is 1. The molecule has 0 aliphatic carbocycles. The molecule has 0 aliphatic rings. The first kappa shape index (κ1) is 26.1. The first-order chi connectivity index (χ1) is 17.7. The number of ether oxygens (including phenoxy) is 1. The summed E-state index contributed by atoms with van der Waals surface area (Å²) in [6.07, 6.45) is 1.30. The lowest BCUT2D eigenvalue weighted by atomic mass is 10.0. The average molecular weight is 533 g/mol. The number of aliphatic hydroxyl groups excluding tert-OH is 2. The van der Waals surface area contributed by atoms with E-state index in [4.69, 9.17) is 21.4 Å². The molecule has 2 atom stereocenters. The molecule has 2 aromatic heterocycles. The van der Waals surface area contributed by atoms with Crippen LogP contribution in [0.4, 0.5) is 14.6 Å². The van der Waals surface area contributed by atoms with Gasteiger partial charge in [0.25, 0.3) is 0 Å². The van der Waals surface area contributed by atoms with E-state index in [0.717, 1.165) is 16.7 Å². The van der Waals surface area contributed by atoms with Crippen molar-refractivity contribution < 1.29 is 33.6 Å². The van der Waals surface area contributed by atoms with E-state index in [9.17, 15) is 23.8 Å². The lowest BCUT2D eigenvalue weighted by molar-refractivity contribution is -0.119. The predicted octanol–water partition coefficient (Wildman–Crippen LogP) is 3.89. The predicted molar refractivity (Wildman–Crippen MR) is 131 cm³/mol. The number of anilines is 1. The van der Waals surface area contributed by atoms with Crippen LogP contribution in [0.25, 0.3) is 0 Å². The third-order valence-electron chi connectivity index (χ3n) is 5.46. The highest BCUT2D eigenvalue weighted by molar-refractivity contribution is 6.32. The molecule has 4 N–H and O–H groups in total. The molecule has 9 nitrogen and oxygen atoms in total. The summed E-state index contributed by atoms with van der Waals surface area (Å²) in [5.41, 5.74) is -0.346. The number of aliphatic hydroxyl groups is 2. The molecule has 0 aliphatic heterocycles. The van der Waals surface area contributed by atoms with Crippen molar-refractivity contribution in [2.75, 3.05) is 11.9 Å². The number of nitrogens with one attached hydrogen (secondary N) is 1. The van der Waals surface area contributed by atoms with Gasteiger partial charge in [0.2, 0.25) is 5.91 Å². The Morgan fingerprint density at radius 3 is 2.57 bits per heavy atom. The van der Waals surface area contributed by atoms with Crippen molar-refractivity contribution in [2.45, 2.75) is 25.1 Å². The second-order valence-corrected chi connectivity index (χ2v) is 8.55. The van der Waals surface area contributed by atoms with Crippen LogP contribution < -0.4 is 10.1 Å². The van der Waals surface area contributed by atoms with E-state index < -0.39 is 48.6 Å². The molecular formula is C25H23ClF2N4O5. The number of para-hydroxylation sites is 1. The molecule has 4 rings (SSSR count). The first-order valence-corrected chi connectivity index (χ1v) is 11.5. The van der Waals surface area contributed by atoms with Crippen molar-refractivity contribution in [1.29, 1.82) is 0 Å². The largest absolute Gasteiger partial charge is 0.494 e. The number of hydrogen-bond donors (Lipinski definition) is 4. The van der Waals surface area contributed by atoms with E-state index in [1.54, 1.807) is 24.3 Å². The van der Waals surface area contributed by atoms with Crippen LogP contribution in [-0.4, -0.2) is 48.3 Å². The molecule has 0 saturated heterocycles. The number of amides is 1. The highest BCUT2D eigenvalue weighted by Crippen LogP contribution is 2.34. The van der Waals surface area contributed by atoms with Crippen LogP contribution >= 0.6 is 11.6 Å². The summed E-state index contributed by atoms with van der Waals surface area (Å²) in [6.45, 7) is -0.485. The van der Waals surface area contributed by atoms with E-state index in [1.165, 1.54) is 35.3 Å². The van der Waals surface area contributed by atoms with Crippen molar-refractivity contribution in [3.8, 4) is 17.4 Å². The Morgan fingerprint density at radius 1 is 1.14 bits per heavy atom. The van der Waals surface area contributed by atoms with Gasteiger partial charge in [0.05, 0.1) is 30.5 Å². The SMILES string of the molecule is O=C(Nc1ccn(C[C@@H](O)CO)n1)[C@H](Cc1c(F)cccc1F)n1cc(Oc2ccccc2Cl)cc1O. The smallest absolute Gasteiger partial charge is 0.249 e. The zero-order chi connectivity index (χ0) is 26.5. The Kier molecular flexibility index (Phi) is 8.07. The number of carbonyl (C=O) groups excluding carboxylic acids is 1. The molecule has 2 aromatic carbocycles. The maximum Gasteiger partial charge on any atom is 0.249 e. The molecule has 2 heterocycles. The average Bonchev–Trinajstić information content (AvgIpc) is 3.45. The summed E-state index contributed by atoms with van der Waals surface area (Å²) in [7, 11) is 0. The first-order valence-electron chi connectivity index (χ1n) is 11.1. The molecule has 0 fully saturated rings. The summed E-state index contributed by atoms with van der Waals surface area (Å²) in [4.78, 5) is 13.3.